The fraction of sp³-hybridized carbons (Fsp3) is 0. The SMILES string of the molecule is N#Cc1cccc(-c2cccc(-c3nc(-c4ccc5c(c4)oc4cccc(-c6ccc(-c7ccccc7)cc6)c45)nc(-c4cccc5c4c4ccccc4n5-c4ccccc4)n3)c2)c1. The highest BCUT2D eigenvalue weighted by molar-refractivity contribution is 6.16. The largest absolute Gasteiger partial charge is 0.456 e. The summed E-state index contributed by atoms with van der Waals surface area (Å²) in [7, 11) is 0. The smallest absolute Gasteiger partial charge is 0.164 e. The predicted octanol–water partition coefficient (Wildman–Crippen LogP) is 14.7. The zero-order chi connectivity index (χ0) is 42.6. The van der Waals surface area contributed by atoms with Gasteiger partial charge in [0.25, 0.3) is 0 Å². The van der Waals surface area contributed by atoms with Crippen LogP contribution in [0.3, 0.4) is 0 Å². The Balaban J connectivity index is 1.04. The van der Waals surface area contributed by atoms with Gasteiger partial charge in [-0.2, -0.15) is 5.26 Å². The van der Waals surface area contributed by atoms with Crippen LogP contribution in [0, 0.1) is 11.3 Å². The van der Waals surface area contributed by atoms with E-state index in [9.17, 15) is 5.26 Å². The monoisotopic (exact) mass is 817 g/mol. The van der Waals surface area contributed by atoms with Crippen molar-refractivity contribution in [3.8, 4) is 79.3 Å². The molecule has 64 heavy (non-hydrogen) atoms. The molecule has 0 atom stereocenters. The van der Waals surface area contributed by atoms with E-state index in [0.717, 1.165) is 88.4 Å². The number of nitriles is 1. The van der Waals surface area contributed by atoms with E-state index in [-0.39, 0.29) is 0 Å². The molecule has 298 valence electrons. The summed E-state index contributed by atoms with van der Waals surface area (Å²) >= 11 is 0. The number of nitrogens with zero attached hydrogens (tertiary/aromatic N) is 5. The first kappa shape index (κ1) is 36.9. The van der Waals surface area contributed by atoms with Gasteiger partial charge in [0.05, 0.1) is 22.7 Å². The van der Waals surface area contributed by atoms with Gasteiger partial charge in [-0.1, -0.05) is 152 Å². The lowest BCUT2D eigenvalue weighted by Crippen LogP contribution is -2.01. The molecule has 0 saturated heterocycles. The first-order valence-electron chi connectivity index (χ1n) is 21.2. The van der Waals surface area contributed by atoms with Crippen LogP contribution in [0.1, 0.15) is 5.56 Å². The molecular weight excluding hydrogens is 783 g/mol. The molecule has 0 aliphatic rings. The maximum atomic E-state index is 9.66. The number of fused-ring (bicyclic) bond motifs is 6. The number of aromatic nitrogens is 4. The van der Waals surface area contributed by atoms with Crippen molar-refractivity contribution in [1.82, 2.24) is 19.5 Å². The van der Waals surface area contributed by atoms with Crippen LogP contribution in [-0.4, -0.2) is 19.5 Å². The van der Waals surface area contributed by atoms with Gasteiger partial charge < -0.3 is 8.98 Å². The second-order valence-corrected chi connectivity index (χ2v) is 15.9. The molecule has 0 N–H and O–H groups in total. The zero-order valence-electron chi connectivity index (χ0n) is 34.4. The minimum atomic E-state index is 0.528. The van der Waals surface area contributed by atoms with Crippen molar-refractivity contribution >= 4 is 43.7 Å². The molecule has 0 fully saturated rings. The molecule has 0 amide bonds. The molecule has 9 aromatic carbocycles. The molecule has 0 radical (unpaired) electrons. The summed E-state index contributed by atoms with van der Waals surface area (Å²) in [5.41, 5.74) is 14.4. The van der Waals surface area contributed by atoms with Crippen LogP contribution in [0.15, 0.2) is 217 Å². The average Bonchev–Trinajstić information content (AvgIpc) is 3.93. The summed E-state index contributed by atoms with van der Waals surface area (Å²) in [5.74, 6) is 1.62. The summed E-state index contributed by atoms with van der Waals surface area (Å²) in [5, 5.41) is 13.9. The number of rotatable bonds is 7. The Morgan fingerprint density at radius 3 is 1.77 bits per heavy atom. The van der Waals surface area contributed by atoms with Crippen LogP contribution >= 0.6 is 0 Å². The van der Waals surface area contributed by atoms with Crippen LogP contribution in [0.5, 0.6) is 0 Å². The standard InChI is InChI=1S/C58H35N5O/c59-36-37-13-9-16-41(33-37)42-17-10-18-43(34-42)56-60-57(62-58(61-56)49-23-11-25-51-54(49)47-21-7-8-24-50(47)63(51)45-19-5-2-6-20-45)44-31-32-48-53(35-44)64-52-26-12-22-46(55(48)52)40-29-27-39(28-30-40)38-14-3-1-4-15-38/h1-35H. The molecule has 0 aliphatic carbocycles. The summed E-state index contributed by atoms with van der Waals surface area (Å²) < 4.78 is 8.94. The quantitative estimate of drug-likeness (QED) is 0.160. The summed E-state index contributed by atoms with van der Waals surface area (Å²) in [6.07, 6.45) is 0. The lowest BCUT2D eigenvalue weighted by Gasteiger charge is -2.11. The Kier molecular flexibility index (Phi) is 8.77. The Bertz CT molecular complexity index is 3790. The molecule has 3 heterocycles. The van der Waals surface area contributed by atoms with Gasteiger partial charge in [-0.05, 0) is 94.0 Å². The molecule has 0 saturated carbocycles. The lowest BCUT2D eigenvalue weighted by atomic mass is 9.96. The van der Waals surface area contributed by atoms with E-state index in [4.69, 9.17) is 19.4 Å². The number of hydrogen-bond acceptors (Lipinski definition) is 5. The third-order valence-electron chi connectivity index (χ3n) is 12.1. The van der Waals surface area contributed by atoms with Gasteiger partial charge in [-0.25, -0.2) is 15.0 Å². The maximum Gasteiger partial charge on any atom is 0.164 e. The van der Waals surface area contributed by atoms with Gasteiger partial charge in [-0.15, -0.1) is 0 Å². The van der Waals surface area contributed by atoms with Crippen molar-refractivity contribution in [2.75, 3.05) is 0 Å². The highest BCUT2D eigenvalue weighted by atomic mass is 16.3. The zero-order valence-corrected chi connectivity index (χ0v) is 34.4. The van der Waals surface area contributed by atoms with Crippen molar-refractivity contribution in [3.05, 3.63) is 218 Å². The Labute approximate surface area is 368 Å². The first-order chi connectivity index (χ1) is 31.7. The van der Waals surface area contributed by atoms with E-state index < -0.39 is 0 Å². The fourth-order valence-electron chi connectivity index (χ4n) is 9.10. The molecule has 0 spiro atoms. The molecule has 12 rings (SSSR count). The van der Waals surface area contributed by atoms with Gasteiger partial charge in [-0.3, -0.25) is 0 Å². The molecule has 12 aromatic rings. The molecular formula is C58H35N5O. The topological polar surface area (TPSA) is 80.5 Å². The van der Waals surface area contributed by atoms with Crippen LogP contribution in [-0.2, 0) is 0 Å². The molecule has 0 unspecified atom stereocenters. The second-order valence-electron chi connectivity index (χ2n) is 15.9. The molecule has 0 bridgehead atoms. The van der Waals surface area contributed by atoms with Gasteiger partial charge in [0, 0.05) is 43.9 Å². The van der Waals surface area contributed by atoms with Crippen molar-refractivity contribution in [2.45, 2.75) is 0 Å². The summed E-state index contributed by atoms with van der Waals surface area (Å²) in [4.78, 5) is 15.8. The van der Waals surface area contributed by atoms with Crippen molar-refractivity contribution < 1.29 is 4.42 Å². The third-order valence-corrected chi connectivity index (χ3v) is 12.1. The van der Waals surface area contributed by atoms with E-state index in [1.807, 2.05) is 66.7 Å². The fourth-order valence-corrected chi connectivity index (χ4v) is 9.10. The maximum absolute atomic E-state index is 9.66. The highest BCUT2D eigenvalue weighted by Gasteiger charge is 2.21. The lowest BCUT2D eigenvalue weighted by molar-refractivity contribution is 0.669. The van der Waals surface area contributed by atoms with Crippen LogP contribution in [0.2, 0.25) is 0 Å². The van der Waals surface area contributed by atoms with E-state index in [0.29, 0.717) is 23.0 Å². The summed E-state index contributed by atoms with van der Waals surface area (Å²) in [6, 6.07) is 75.0. The van der Waals surface area contributed by atoms with E-state index in [2.05, 4.69) is 156 Å². The summed E-state index contributed by atoms with van der Waals surface area (Å²) in [6.45, 7) is 0. The van der Waals surface area contributed by atoms with Crippen molar-refractivity contribution in [2.24, 2.45) is 0 Å². The third kappa shape index (κ3) is 6.31. The molecule has 3 aromatic heterocycles. The Hall–Kier alpha value is -8.92. The minimum Gasteiger partial charge on any atom is -0.456 e. The van der Waals surface area contributed by atoms with E-state index in [1.54, 1.807) is 0 Å². The minimum absolute atomic E-state index is 0.528. The Morgan fingerprint density at radius 2 is 0.953 bits per heavy atom. The second kappa shape index (κ2) is 15.2. The van der Waals surface area contributed by atoms with Crippen molar-refractivity contribution in [1.29, 1.82) is 5.26 Å². The number of para-hydroxylation sites is 2. The van der Waals surface area contributed by atoms with Crippen molar-refractivity contribution in [3.63, 3.8) is 0 Å². The van der Waals surface area contributed by atoms with Crippen LogP contribution < -0.4 is 0 Å². The van der Waals surface area contributed by atoms with Gasteiger partial charge in [0.15, 0.2) is 17.5 Å². The molecule has 6 nitrogen and oxygen atoms in total. The first-order valence-corrected chi connectivity index (χ1v) is 21.2. The van der Waals surface area contributed by atoms with E-state index >= 15 is 0 Å². The Morgan fingerprint density at radius 1 is 0.375 bits per heavy atom. The van der Waals surface area contributed by atoms with Crippen LogP contribution in [0.25, 0.3) is 117 Å². The van der Waals surface area contributed by atoms with Gasteiger partial charge in [0.2, 0.25) is 0 Å². The number of hydrogen-bond donors (Lipinski definition) is 0. The van der Waals surface area contributed by atoms with Gasteiger partial charge >= 0.3 is 0 Å². The highest BCUT2D eigenvalue weighted by Crippen LogP contribution is 2.41. The predicted molar refractivity (Wildman–Crippen MR) is 259 cm³/mol. The number of furan rings is 1. The normalized spacial score (nSPS) is 11.4. The van der Waals surface area contributed by atoms with Gasteiger partial charge in [0.1, 0.15) is 11.2 Å². The molecule has 6 heteroatoms. The average molecular weight is 818 g/mol. The van der Waals surface area contributed by atoms with E-state index in [1.165, 1.54) is 11.1 Å². The van der Waals surface area contributed by atoms with Crippen LogP contribution in [0.4, 0.5) is 0 Å². The number of benzene rings is 9. The molecule has 0 aliphatic heterocycles.